The highest BCUT2D eigenvalue weighted by Crippen LogP contribution is 2.32. The first-order chi connectivity index (χ1) is 7.25. The second kappa shape index (κ2) is 3.73. The van der Waals surface area contributed by atoms with E-state index in [1.807, 2.05) is 31.2 Å². The van der Waals surface area contributed by atoms with Gasteiger partial charge in [-0.25, -0.2) is 0 Å². The topological polar surface area (TPSA) is 20.3 Å². The van der Waals surface area contributed by atoms with Crippen molar-refractivity contribution in [2.24, 2.45) is 0 Å². The van der Waals surface area contributed by atoms with Crippen molar-refractivity contribution in [1.29, 1.82) is 0 Å². The van der Waals surface area contributed by atoms with Crippen molar-refractivity contribution in [2.75, 3.05) is 0 Å². The maximum absolute atomic E-state index is 12.0. The fourth-order valence-corrected chi connectivity index (χ4v) is 1.87. The molecule has 1 unspecified atom stereocenters. The molecule has 0 radical (unpaired) electrons. The maximum Gasteiger partial charge on any atom is 0.258 e. The Hall–Kier alpha value is -1.83. The van der Waals surface area contributed by atoms with Gasteiger partial charge in [0.05, 0.1) is 6.04 Å². The van der Waals surface area contributed by atoms with Gasteiger partial charge in [-0.1, -0.05) is 30.9 Å². The van der Waals surface area contributed by atoms with Crippen LogP contribution in [0, 0.1) is 0 Å². The Kier molecular flexibility index (Phi) is 2.42. The third-order valence-electron chi connectivity index (χ3n) is 2.68. The molecule has 1 heterocycles. The molecule has 15 heavy (non-hydrogen) atoms. The molecule has 0 aliphatic carbocycles. The monoisotopic (exact) mass is 199 g/mol. The van der Waals surface area contributed by atoms with Gasteiger partial charge in [-0.3, -0.25) is 4.79 Å². The Morgan fingerprint density at radius 1 is 1.40 bits per heavy atom. The van der Waals surface area contributed by atoms with Gasteiger partial charge in [0, 0.05) is 11.8 Å². The van der Waals surface area contributed by atoms with Gasteiger partial charge in [0.2, 0.25) is 0 Å². The van der Waals surface area contributed by atoms with Gasteiger partial charge >= 0.3 is 0 Å². The van der Waals surface area contributed by atoms with E-state index in [0.29, 0.717) is 0 Å². The predicted molar refractivity (Wildman–Crippen MR) is 60.4 cm³/mol. The number of benzene rings is 1. The number of hydrogen-bond acceptors (Lipinski definition) is 1. The first-order valence-corrected chi connectivity index (χ1v) is 4.96. The predicted octanol–water partition coefficient (Wildman–Crippen LogP) is 2.90. The van der Waals surface area contributed by atoms with Crippen molar-refractivity contribution in [1.82, 2.24) is 4.90 Å². The van der Waals surface area contributed by atoms with Gasteiger partial charge in [0.25, 0.3) is 5.91 Å². The highest BCUT2D eigenvalue weighted by molar-refractivity contribution is 5.99. The molecule has 0 bridgehead atoms. The van der Waals surface area contributed by atoms with Gasteiger partial charge in [-0.2, -0.15) is 0 Å². The number of amides is 1. The van der Waals surface area contributed by atoms with Gasteiger partial charge in [0.1, 0.15) is 0 Å². The minimum Gasteiger partial charge on any atom is -0.308 e. The molecular weight excluding hydrogens is 186 g/mol. The highest BCUT2D eigenvalue weighted by Gasteiger charge is 2.31. The van der Waals surface area contributed by atoms with Gasteiger partial charge in [-0.05, 0) is 24.6 Å². The molecule has 76 valence electrons. The highest BCUT2D eigenvalue weighted by atomic mass is 16.2. The first kappa shape index (κ1) is 9.71. The van der Waals surface area contributed by atoms with E-state index in [0.717, 1.165) is 11.1 Å². The second-order valence-corrected chi connectivity index (χ2v) is 3.55. The second-order valence-electron chi connectivity index (χ2n) is 3.55. The van der Waals surface area contributed by atoms with Crippen LogP contribution in [0.15, 0.2) is 49.2 Å². The molecule has 0 N–H and O–H groups in total. The lowest BCUT2D eigenvalue weighted by molar-refractivity contribution is 0.0815. The molecule has 1 amide bonds. The van der Waals surface area contributed by atoms with E-state index in [-0.39, 0.29) is 11.9 Å². The Balaban J connectivity index is 2.40. The van der Waals surface area contributed by atoms with Crippen LogP contribution in [0.3, 0.4) is 0 Å². The Morgan fingerprint density at radius 2 is 2.13 bits per heavy atom. The zero-order valence-corrected chi connectivity index (χ0v) is 8.68. The number of rotatable bonds is 2. The number of allylic oxidation sites excluding steroid dienone is 2. The first-order valence-electron chi connectivity index (χ1n) is 4.96. The molecule has 2 heteroatoms. The Labute approximate surface area is 89.5 Å². The average molecular weight is 199 g/mol. The smallest absolute Gasteiger partial charge is 0.258 e. The van der Waals surface area contributed by atoms with Gasteiger partial charge in [-0.15, -0.1) is 0 Å². The zero-order chi connectivity index (χ0) is 10.8. The summed E-state index contributed by atoms with van der Waals surface area (Å²) in [4.78, 5) is 13.7. The van der Waals surface area contributed by atoms with Crippen LogP contribution in [-0.4, -0.2) is 10.8 Å². The van der Waals surface area contributed by atoms with Crippen LogP contribution in [0.1, 0.15) is 28.9 Å². The molecular formula is C13H13NO. The van der Waals surface area contributed by atoms with E-state index in [1.165, 1.54) is 0 Å². The average Bonchev–Trinajstić information content (AvgIpc) is 2.51. The van der Waals surface area contributed by atoms with Gasteiger partial charge in [0.15, 0.2) is 0 Å². The summed E-state index contributed by atoms with van der Waals surface area (Å²) in [5.74, 6) is 0.0659. The van der Waals surface area contributed by atoms with Gasteiger partial charge < -0.3 is 4.90 Å². The third kappa shape index (κ3) is 1.48. The molecule has 0 fully saturated rings. The molecule has 1 atom stereocenters. The number of carbonyl (C=O) groups is 1. The molecule has 0 saturated carbocycles. The molecule has 1 aliphatic rings. The summed E-state index contributed by atoms with van der Waals surface area (Å²) in [5.41, 5.74) is 1.90. The molecule has 0 saturated heterocycles. The molecule has 1 aromatic carbocycles. The van der Waals surface area contributed by atoms with Crippen molar-refractivity contribution < 1.29 is 4.79 Å². The fourth-order valence-electron chi connectivity index (χ4n) is 1.87. The summed E-state index contributed by atoms with van der Waals surface area (Å²) < 4.78 is 0. The van der Waals surface area contributed by atoms with E-state index in [1.54, 1.807) is 23.3 Å². The SMILES string of the molecule is C=C/C=C/N1C(=O)c2ccccc2C1C. The maximum atomic E-state index is 12.0. The normalized spacial score (nSPS) is 19.7. The fraction of sp³-hybridized carbons (Fsp3) is 0.154. The van der Waals surface area contributed by atoms with Crippen molar-refractivity contribution in [3.63, 3.8) is 0 Å². The van der Waals surface area contributed by atoms with E-state index in [4.69, 9.17) is 0 Å². The summed E-state index contributed by atoms with van der Waals surface area (Å²) in [6, 6.07) is 7.84. The summed E-state index contributed by atoms with van der Waals surface area (Å²) in [5, 5.41) is 0. The van der Waals surface area contributed by atoms with E-state index >= 15 is 0 Å². The minimum absolute atomic E-state index is 0.0659. The van der Waals surface area contributed by atoms with Crippen molar-refractivity contribution in [3.8, 4) is 0 Å². The molecule has 2 nitrogen and oxygen atoms in total. The third-order valence-corrected chi connectivity index (χ3v) is 2.68. The Morgan fingerprint density at radius 3 is 2.80 bits per heavy atom. The van der Waals surface area contributed by atoms with Crippen molar-refractivity contribution in [2.45, 2.75) is 13.0 Å². The number of nitrogens with zero attached hydrogens (tertiary/aromatic N) is 1. The summed E-state index contributed by atoms with van der Waals surface area (Å²) in [7, 11) is 0. The van der Waals surface area contributed by atoms with Crippen molar-refractivity contribution in [3.05, 3.63) is 60.3 Å². The molecule has 1 aliphatic heterocycles. The molecule has 0 spiro atoms. The summed E-state index contributed by atoms with van der Waals surface area (Å²) in [6.45, 7) is 5.62. The number of carbonyl (C=O) groups excluding carboxylic acids is 1. The van der Waals surface area contributed by atoms with Crippen LogP contribution >= 0.6 is 0 Å². The molecule has 2 rings (SSSR count). The van der Waals surface area contributed by atoms with E-state index < -0.39 is 0 Å². The lowest BCUT2D eigenvalue weighted by Crippen LogP contribution is -2.19. The van der Waals surface area contributed by atoms with Crippen LogP contribution in [0.25, 0.3) is 0 Å². The van der Waals surface area contributed by atoms with E-state index in [9.17, 15) is 4.79 Å². The number of hydrogen-bond donors (Lipinski definition) is 0. The minimum atomic E-state index is 0.0659. The van der Waals surface area contributed by atoms with Crippen LogP contribution in [-0.2, 0) is 0 Å². The molecule has 0 aromatic heterocycles. The zero-order valence-electron chi connectivity index (χ0n) is 8.68. The quantitative estimate of drug-likeness (QED) is 0.671. The number of fused-ring (bicyclic) bond motifs is 1. The standard InChI is InChI=1S/C13H13NO/c1-3-4-9-14-10(2)11-7-5-6-8-12(11)13(14)15/h3-10H,1H2,2H3/b9-4+. The van der Waals surface area contributed by atoms with E-state index in [2.05, 4.69) is 6.58 Å². The summed E-state index contributed by atoms with van der Waals surface area (Å²) >= 11 is 0. The largest absolute Gasteiger partial charge is 0.308 e. The van der Waals surface area contributed by atoms with Crippen LogP contribution in [0.4, 0.5) is 0 Å². The van der Waals surface area contributed by atoms with Crippen LogP contribution in [0.5, 0.6) is 0 Å². The van der Waals surface area contributed by atoms with Crippen LogP contribution in [0.2, 0.25) is 0 Å². The summed E-state index contributed by atoms with van der Waals surface area (Å²) in [6.07, 6.45) is 5.23. The lowest BCUT2D eigenvalue weighted by Gasteiger charge is -2.16. The van der Waals surface area contributed by atoms with Crippen LogP contribution < -0.4 is 0 Å². The van der Waals surface area contributed by atoms with Crippen molar-refractivity contribution >= 4 is 5.91 Å². The molecule has 1 aromatic rings. The Bertz CT molecular complexity index is 434. The lowest BCUT2D eigenvalue weighted by atomic mass is 10.1.